The summed E-state index contributed by atoms with van der Waals surface area (Å²) < 4.78 is 28.3. The Morgan fingerprint density at radius 1 is 1.29 bits per heavy atom. The molecule has 1 aliphatic carbocycles. The fourth-order valence-electron chi connectivity index (χ4n) is 2.52. The predicted molar refractivity (Wildman–Crippen MR) is 60.2 cm³/mol. The Morgan fingerprint density at radius 3 is 2.18 bits per heavy atom. The van der Waals surface area contributed by atoms with Gasteiger partial charge < -0.3 is 9.84 Å². The van der Waals surface area contributed by atoms with Crippen molar-refractivity contribution in [3.8, 4) is 5.75 Å². The summed E-state index contributed by atoms with van der Waals surface area (Å²) in [6.07, 6.45) is 0.908. The van der Waals surface area contributed by atoms with Crippen LogP contribution in [0, 0.1) is 5.41 Å². The molecule has 1 saturated carbocycles. The number of halogens is 2. The van der Waals surface area contributed by atoms with Crippen molar-refractivity contribution in [3.05, 3.63) is 29.8 Å². The lowest BCUT2D eigenvalue weighted by Gasteiger charge is -2.18. The molecular weight excluding hydrogens is 226 g/mol. The highest BCUT2D eigenvalue weighted by atomic mass is 19.3. The molecule has 2 nitrogen and oxygen atoms in total. The lowest BCUT2D eigenvalue weighted by Crippen LogP contribution is -2.19. The van der Waals surface area contributed by atoms with Crippen LogP contribution in [0.5, 0.6) is 5.75 Å². The van der Waals surface area contributed by atoms with E-state index in [4.69, 9.17) is 0 Å². The Bertz CT molecular complexity index is 400. The van der Waals surface area contributed by atoms with Gasteiger partial charge in [0, 0.05) is 5.41 Å². The van der Waals surface area contributed by atoms with Crippen molar-refractivity contribution in [2.75, 3.05) is 6.61 Å². The molecule has 0 aromatic heterocycles. The van der Waals surface area contributed by atoms with Crippen LogP contribution in [0.1, 0.15) is 25.8 Å². The fraction of sp³-hybridized carbons (Fsp3) is 0.538. The van der Waals surface area contributed by atoms with E-state index in [2.05, 4.69) is 18.6 Å². The first kappa shape index (κ1) is 12.3. The minimum atomic E-state index is -2.80. The van der Waals surface area contributed by atoms with Crippen molar-refractivity contribution >= 4 is 0 Å². The van der Waals surface area contributed by atoms with E-state index in [-0.39, 0.29) is 23.2 Å². The van der Waals surface area contributed by atoms with E-state index in [0.717, 1.165) is 12.0 Å². The first-order valence-electron chi connectivity index (χ1n) is 5.57. The number of aliphatic hydroxyl groups is 1. The second-order valence-corrected chi connectivity index (χ2v) is 5.20. The van der Waals surface area contributed by atoms with Gasteiger partial charge in [-0.15, -0.1) is 0 Å². The number of aliphatic hydroxyl groups excluding tert-OH is 1. The number of alkyl halides is 2. The molecule has 2 rings (SSSR count). The summed E-state index contributed by atoms with van der Waals surface area (Å²) in [7, 11) is 0. The predicted octanol–water partition coefficient (Wildman–Crippen LogP) is 2.95. The quantitative estimate of drug-likeness (QED) is 0.879. The number of ether oxygens (including phenoxy) is 1. The number of benzene rings is 1. The average Bonchev–Trinajstić information content (AvgIpc) is 2.82. The molecule has 1 fully saturated rings. The Balaban J connectivity index is 2.19. The topological polar surface area (TPSA) is 29.5 Å². The van der Waals surface area contributed by atoms with Crippen molar-refractivity contribution < 1.29 is 18.6 Å². The van der Waals surface area contributed by atoms with Crippen LogP contribution in [0.4, 0.5) is 8.78 Å². The monoisotopic (exact) mass is 242 g/mol. The van der Waals surface area contributed by atoms with Gasteiger partial charge in [0.05, 0.1) is 6.61 Å². The van der Waals surface area contributed by atoms with Gasteiger partial charge in [0.1, 0.15) is 5.75 Å². The van der Waals surface area contributed by atoms with E-state index >= 15 is 0 Å². The third kappa shape index (κ3) is 2.02. The lowest BCUT2D eigenvalue weighted by atomic mass is 9.89. The van der Waals surface area contributed by atoms with E-state index in [1.54, 1.807) is 12.1 Å². The Morgan fingerprint density at radius 2 is 1.82 bits per heavy atom. The zero-order valence-electron chi connectivity index (χ0n) is 9.91. The van der Waals surface area contributed by atoms with E-state index in [0.29, 0.717) is 0 Å². The van der Waals surface area contributed by atoms with Crippen LogP contribution in [0.15, 0.2) is 24.3 Å². The minimum absolute atomic E-state index is 0.0623. The summed E-state index contributed by atoms with van der Waals surface area (Å²) in [6.45, 7) is 1.46. The van der Waals surface area contributed by atoms with Gasteiger partial charge in [0.25, 0.3) is 0 Å². The lowest BCUT2D eigenvalue weighted by molar-refractivity contribution is -0.0498. The van der Waals surface area contributed by atoms with Crippen molar-refractivity contribution in [1.82, 2.24) is 0 Å². The highest BCUT2D eigenvalue weighted by Gasteiger charge is 2.61. The average molecular weight is 242 g/mol. The maximum atomic E-state index is 12.0. The minimum Gasteiger partial charge on any atom is -0.435 e. The highest BCUT2D eigenvalue weighted by molar-refractivity contribution is 5.40. The molecule has 17 heavy (non-hydrogen) atoms. The standard InChI is InChI=1S/C13H16F2O2/c1-12(2)7-13(12,8-16)9-3-5-10(6-4-9)17-11(14)15/h3-6,11,16H,7-8H2,1-2H3. The third-order valence-corrected chi connectivity index (χ3v) is 3.82. The molecule has 0 saturated heterocycles. The summed E-state index contributed by atoms with van der Waals surface area (Å²) >= 11 is 0. The molecule has 1 N–H and O–H groups in total. The van der Waals surface area contributed by atoms with Gasteiger partial charge in [-0.3, -0.25) is 0 Å². The van der Waals surface area contributed by atoms with Crippen molar-refractivity contribution in [1.29, 1.82) is 0 Å². The van der Waals surface area contributed by atoms with Gasteiger partial charge in [-0.2, -0.15) is 8.78 Å². The summed E-state index contributed by atoms with van der Waals surface area (Å²) in [6, 6.07) is 6.55. The van der Waals surface area contributed by atoms with E-state index in [1.165, 1.54) is 12.1 Å². The molecule has 0 heterocycles. The SMILES string of the molecule is CC1(C)CC1(CO)c1ccc(OC(F)F)cc1. The van der Waals surface area contributed by atoms with Crippen LogP contribution >= 0.6 is 0 Å². The molecule has 0 bridgehead atoms. The van der Waals surface area contributed by atoms with Crippen LogP contribution in [0.3, 0.4) is 0 Å². The normalized spacial score (nSPS) is 26.0. The van der Waals surface area contributed by atoms with E-state index < -0.39 is 6.61 Å². The van der Waals surface area contributed by atoms with E-state index in [9.17, 15) is 13.9 Å². The van der Waals surface area contributed by atoms with E-state index in [1.807, 2.05) is 0 Å². The summed E-state index contributed by atoms with van der Waals surface area (Å²) in [5.41, 5.74) is 0.815. The molecular formula is C13H16F2O2. The third-order valence-electron chi connectivity index (χ3n) is 3.82. The van der Waals surface area contributed by atoms with Gasteiger partial charge in [-0.1, -0.05) is 26.0 Å². The second-order valence-electron chi connectivity index (χ2n) is 5.20. The first-order chi connectivity index (χ1) is 7.91. The van der Waals surface area contributed by atoms with Crippen molar-refractivity contribution in [3.63, 3.8) is 0 Å². The van der Waals surface area contributed by atoms with Gasteiger partial charge in [0.2, 0.25) is 0 Å². The molecule has 0 aliphatic heterocycles. The molecule has 1 atom stereocenters. The highest BCUT2D eigenvalue weighted by Crippen LogP contribution is 2.63. The second kappa shape index (κ2) is 3.95. The molecule has 94 valence electrons. The first-order valence-corrected chi connectivity index (χ1v) is 5.57. The van der Waals surface area contributed by atoms with Crippen molar-refractivity contribution in [2.45, 2.75) is 32.3 Å². The van der Waals surface area contributed by atoms with Gasteiger partial charge in [-0.05, 0) is 29.5 Å². The van der Waals surface area contributed by atoms with Gasteiger partial charge >= 0.3 is 6.61 Å². The summed E-state index contributed by atoms with van der Waals surface area (Å²) in [4.78, 5) is 0. The maximum Gasteiger partial charge on any atom is 0.387 e. The van der Waals surface area contributed by atoms with Crippen LogP contribution < -0.4 is 4.74 Å². The largest absolute Gasteiger partial charge is 0.435 e. The number of hydrogen-bond donors (Lipinski definition) is 1. The zero-order valence-corrected chi connectivity index (χ0v) is 9.91. The summed E-state index contributed by atoms with van der Waals surface area (Å²) in [5.74, 6) is 0.148. The zero-order chi connectivity index (χ0) is 12.7. The van der Waals surface area contributed by atoms with Gasteiger partial charge in [0.15, 0.2) is 0 Å². The number of hydrogen-bond acceptors (Lipinski definition) is 2. The smallest absolute Gasteiger partial charge is 0.387 e. The summed E-state index contributed by atoms with van der Waals surface area (Å²) in [5, 5.41) is 9.51. The van der Waals surface area contributed by atoms with Crippen LogP contribution in [0.2, 0.25) is 0 Å². The van der Waals surface area contributed by atoms with Crippen LogP contribution in [-0.4, -0.2) is 18.3 Å². The Kier molecular flexibility index (Phi) is 2.86. The van der Waals surface area contributed by atoms with Crippen molar-refractivity contribution in [2.24, 2.45) is 5.41 Å². The molecule has 1 aromatic rings. The Hall–Kier alpha value is -1.16. The van der Waals surface area contributed by atoms with Gasteiger partial charge in [-0.25, -0.2) is 0 Å². The number of rotatable bonds is 4. The molecule has 1 aliphatic rings. The van der Waals surface area contributed by atoms with Crippen LogP contribution in [0.25, 0.3) is 0 Å². The molecule has 0 spiro atoms. The fourth-order valence-corrected chi connectivity index (χ4v) is 2.52. The molecule has 4 heteroatoms. The molecule has 0 amide bonds. The van der Waals surface area contributed by atoms with Crippen LogP contribution in [-0.2, 0) is 5.41 Å². The molecule has 1 unspecified atom stereocenters. The maximum absolute atomic E-state index is 12.0. The molecule has 0 radical (unpaired) electrons. The Labute approximate surface area is 99.2 Å². The molecule has 1 aromatic carbocycles.